The van der Waals surface area contributed by atoms with Crippen LogP contribution in [0.1, 0.15) is 35.9 Å². The molecule has 0 saturated carbocycles. The molecule has 0 atom stereocenters. The highest BCUT2D eigenvalue weighted by Gasteiger charge is 2.03. The molecule has 1 aromatic heterocycles. The number of thiazole rings is 1. The highest BCUT2D eigenvalue weighted by Crippen LogP contribution is 2.23. The molecule has 0 fully saturated rings. The van der Waals surface area contributed by atoms with E-state index in [0.717, 1.165) is 21.8 Å². The van der Waals surface area contributed by atoms with Crippen molar-refractivity contribution in [2.45, 2.75) is 19.8 Å². The van der Waals surface area contributed by atoms with E-state index < -0.39 is 0 Å². The van der Waals surface area contributed by atoms with E-state index in [2.05, 4.69) is 49.2 Å². The maximum atomic E-state index is 13.0. The Morgan fingerprint density at radius 3 is 2.30 bits per heavy atom. The van der Waals surface area contributed by atoms with Crippen LogP contribution in [0.2, 0.25) is 0 Å². The van der Waals surface area contributed by atoms with Crippen LogP contribution in [0.5, 0.6) is 0 Å². The van der Waals surface area contributed by atoms with Crippen LogP contribution in [0, 0.1) is 5.82 Å². The van der Waals surface area contributed by atoms with E-state index in [1.165, 1.54) is 17.7 Å². The maximum Gasteiger partial charge on any atom is 0.123 e. The fourth-order valence-electron chi connectivity index (χ4n) is 2.28. The highest BCUT2D eigenvalue weighted by molar-refractivity contribution is 7.10. The molecule has 1 nitrogen and oxygen atoms in total. The molecule has 3 aromatic rings. The summed E-state index contributed by atoms with van der Waals surface area (Å²) in [5.41, 5.74) is 4.32. The number of hydrogen-bond donors (Lipinski definition) is 0. The van der Waals surface area contributed by atoms with Crippen molar-refractivity contribution in [1.29, 1.82) is 0 Å². The second-order valence-electron chi connectivity index (χ2n) is 5.73. The number of rotatable bonds is 4. The quantitative estimate of drug-likeness (QED) is 0.553. The van der Waals surface area contributed by atoms with Gasteiger partial charge in [-0.1, -0.05) is 44.2 Å². The third-order valence-corrected chi connectivity index (χ3v) is 4.49. The molecule has 0 aliphatic heterocycles. The van der Waals surface area contributed by atoms with Crippen LogP contribution in [0.15, 0.2) is 53.9 Å². The number of hydrogen-bond acceptors (Lipinski definition) is 2. The molecule has 0 radical (unpaired) electrons. The number of benzene rings is 2. The van der Waals surface area contributed by atoms with Crippen molar-refractivity contribution in [2.24, 2.45) is 0 Å². The lowest BCUT2D eigenvalue weighted by atomic mass is 10.0. The minimum atomic E-state index is -0.228. The normalized spacial score (nSPS) is 11.5. The van der Waals surface area contributed by atoms with Crippen LogP contribution in [0.4, 0.5) is 4.39 Å². The SMILES string of the molecule is CC(C)c1ccc(C=Cc2nc(-c3ccc(F)cc3)cs2)cc1. The zero-order chi connectivity index (χ0) is 16.2. The van der Waals surface area contributed by atoms with E-state index in [0.29, 0.717) is 5.92 Å². The van der Waals surface area contributed by atoms with Crippen LogP contribution < -0.4 is 0 Å². The third kappa shape index (κ3) is 3.93. The standard InChI is InChI=1S/C20H18FNS/c1-14(2)16-6-3-15(4-7-16)5-12-20-22-19(13-23-20)17-8-10-18(21)11-9-17/h3-14H,1-2H3. The van der Waals surface area contributed by atoms with Crippen LogP contribution in [-0.2, 0) is 0 Å². The summed E-state index contributed by atoms with van der Waals surface area (Å²) >= 11 is 1.58. The number of aromatic nitrogens is 1. The Morgan fingerprint density at radius 2 is 1.65 bits per heavy atom. The largest absolute Gasteiger partial charge is 0.237 e. The van der Waals surface area contributed by atoms with Crippen LogP contribution in [-0.4, -0.2) is 4.98 Å². The molecular formula is C20H18FNS. The summed E-state index contributed by atoms with van der Waals surface area (Å²) in [5, 5.41) is 2.94. The van der Waals surface area contributed by atoms with Crippen molar-refractivity contribution < 1.29 is 4.39 Å². The van der Waals surface area contributed by atoms with Crippen LogP contribution in [0.3, 0.4) is 0 Å². The van der Waals surface area contributed by atoms with Crippen LogP contribution in [0.25, 0.3) is 23.4 Å². The molecular weight excluding hydrogens is 305 g/mol. The molecule has 1 heterocycles. The Hall–Kier alpha value is -2.26. The molecule has 0 N–H and O–H groups in total. The van der Waals surface area contributed by atoms with Gasteiger partial charge >= 0.3 is 0 Å². The van der Waals surface area contributed by atoms with Gasteiger partial charge in [0, 0.05) is 10.9 Å². The van der Waals surface area contributed by atoms with Gasteiger partial charge in [0.1, 0.15) is 10.8 Å². The van der Waals surface area contributed by atoms with Gasteiger partial charge in [0.2, 0.25) is 0 Å². The van der Waals surface area contributed by atoms with Crippen LogP contribution >= 0.6 is 11.3 Å². The van der Waals surface area contributed by atoms with Crippen molar-refractivity contribution >= 4 is 23.5 Å². The first-order valence-electron chi connectivity index (χ1n) is 7.61. The summed E-state index contributed by atoms with van der Waals surface area (Å²) in [7, 11) is 0. The average molecular weight is 323 g/mol. The third-order valence-electron chi connectivity index (χ3n) is 3.68. The Morgan fingerprint density at radius 1 is 0.957 bits per heavy atom. The molecule has 0 aliphatic rings. The zero-order valence-electron chi connectivity index (χ0n) is 13.2. The Balaban J connectivity index is 1.74. The predicted molar refractivity (Wildman–Crippen MR) is 97.0 cm³/mol. The summed E-state index contributed by atoms with van der Waals surface area (Å²) in [6, 6.07) is 15.0. The molecule has 116 valence electrons. The summed E-state index contributed by atoms with van der Waals surface area (Å²) in [6.45, 7) is 4.38. The minimum absolute atomic E-state index is 0.228. The van der Waals surface area contributed by atoms with Gasteiger partial charge in [-0.25, -0.2) is 9.37 Å². The topological polar surface area (TPSA) is 12.9 Å². The second kappa shape index (κ2) is 6.88. The van der Waals surface area contributed by atoms with E-state index in [4.69, 9.17) is 0 Å². The lowest BCUT2D eigenvalue weighted by Gasteiger charge is -2.04. The van der Waals surface area contributed by atoms with Crippen molar-refractivity contribution in [1.82, 2.24) is 4.98 Å². The van der Waals surface area contributed by atoms with Crippen molar-refractivity contribution in [3.63, 3.8) is 0 Å². The van der Waals surface area contributed by atoms with E-state index in [-0.39, 0.29) is 5.82 Å². The van der Waals surface area contributed by atoms with Gasteiger partial charge < -0.3 is 0 Å². The summed E-state index contributed by atoms with van der Waals surface area (Å²) in [6.07, 6.45) is 4.08. The fourth-order valence-corrected chi connectivity index (χ4v) is 3.00. The summed E-state index contributed by atoms with van der Waals surface area (Å²) < 4.78 is 13.0. The average Bonchev–Trinajstić information content (AvgIpc) is 3.03. The van der Waals surface area contributed by atoms with Crippen molar-refractivity contribution in [3.8, 4) is 11.3 Å². The molecule has 0 spiro atoms. The maximum absolute atomic E-state index is 13.0. The highest BCUT2D eigenvalue weighted by atomic mass is 32.1. The Labute approximate surface area is 140 Å². The van der Waals surface area contributed by atoms with Gasteiger partial charge in [-0.15, -0.1) is 11.3 Å². The van der Waals surface area contributed by atoms with Gasteiger partial charge in [-0.3, -0.25) is 0 Å². The molecule has 0 saturated heterocycles. The van der Waals surface area contributed by atoms with E-state index in [1.807, 2.05) is 11.5 Å². The van der Waals surface area contributed by atoms with E-state index >= 15 is 0 Å². The lowest BCUT2D eigenvalue weighted by molar-refractivity contribution is 0.628. The monoisotopic (exact) mass is 323 g/mol. The predicted octanol–water partition coefficient (Wildman–Crippen LogP) is 6.24. The first kappa shape index (κ1) is 15.6. The summed E-state index contributed by atoms with van der Waals surface area (Å²) in [4.78, 5) is 4.58. The molecule has 0 aliphatic carbocycles. The number of nitrogens with zero attached hydrogens (tertiary/aromatic N) is 1. The van der Waals surface area contributed by atoms with Gasteiger partial charge in [-0.2, -0.15) is 0 Å². The lowest BCUT2D eigenvalue weighted by Crippen LogP contribution is -1.85. The van der Waals surface area contributed by atoms with Gasteiger partial charge in [0.05, 0.1) is 5.69 Å². The summed E-state index contributed by atoms with van der Waals surface area (Å²) in [5.74, 6) is 0.319. The molecule has 0 bridgehead atoms. The molecule has 0 amide bonds. The first-order valence-corrected chi connectivity index (χ1v) is 8.49. The fraction of sp³-hybridized carbons (Fsp3) is 0.150. The first-order chi connectivity index (χ1) is 11.1. The van der Waals surface area contributed by atoms with Crippen molar-refractivity contribution in [3.05, 3.63) is 75.9 Å². The molecule has 3 rings (SSSR count). The second-order valence-corrected chi connectivity index (χ2v) is 6.62. The van der Waals surface area contributed by atoms with Crippen molar-refractivity contribution in [2.75, 3.05) is 0 Å². The smallest absolute Gasteiger partial charge is 0.123 e. The van der Waals surface area contributed by atoms with Gasteiger partial charge in [0.25, 0.3) is 0 Å². The van der Waals surface area contributed by atoms with E-state index in [1.54, 1.807) is 23.5 Å². The number of halogens is 1. The molecule has 2 aromatic carbocycles. The van der Waals surface area contributed by atoms with E-state index in [9.17, 15) is 4.39 Å². The minimum Gasteiger partial charge on any atom is -0.237 e. The van der Waals surface area contributed by atoms with Gasteiger partial charge in [-0.05, 0) is 47.4 Å². The Kier molecular flexibility index (Phi) is 4.68. The molecule has 23 heavy (non-hydrogen) atoms. The molecule has 0 unspecified atom stereocenters. The van der Waals surface area contributed by atoms with Gasteiger partial charge in [0.15, 0.2) is 0 Å². The Bertz CT molecular complexity index is 798. The zero-order valence-corrected chi connectivity index (χ0v) is 14.0. The molecule has 3 heteroatoms.